The van der Waals surface area contributed by atoms with Gasteiger partial charge < -0.3 is 9.47 Å². The molecule has 5 heteroatoms. The fraction of sp³-hybridized carbons (Fsp3) is 0.615. The molecule has 0 saturated heterocycles. The average molecular weight is 250 g/mol. The fourth-order valence-corrected chi connectivity index (χ4v) is 1.96. The van der Waals surface area contributed by atoms with Gasteiger partial charge in [-0.15, -0.1) is 0 Å². The minimum Gasteiger partial charge on any atom is -0.382 e. The van der Waals surface area contributed by atoms with E-state index in [9.17, 15) is 4.79 Å². The van der Waals surface area contributed by atoms with Crippen molar-refractivity contribution in [3.63, 3.8) is 0 Å². The Bertz CT molecular complexity index is 421. The number of Topliss-reactive ketones (excluding diaryl/α,β-unsaturated/α-hetero) is 1. The second kappa shape index (κ2) is 6.56. The van der Waals surface area contributed by atoms with Gasteiger partial charge in [0.15, 0.2) is 5.78 Å². The van der Waals surface area contributed by atoms with Crippen LogP contribution in [0.25, 0.3) is 0 Å². The first-order chi connectivity index (χ1) is 8.81. The molecule has 0 saturated carbocycles. The lowest BCUT2D eigenvalue weighted by Gasteiger charge is -2.13. The highest BCUT2D eigenvalue weighted by atomic mass is 16.5. The van der Waals surface area contributed by atoms with Gasteiger partial charge in [-0.25, -0.2) is 9.97 Å². The standard InChI is InChI=1S/C13H18N2O3/c1-17-7-8-18-6-5-13-14-9-10-11(15-13)3-2-4-12(10)16/h9H,2-8H2,1H3. The van der Waals surface area contributed by atoms with E-state index in [1.54, 1.807) is 13.3 Å². The van der Waals surface area contributed by atoms with Crippen molar-refractivity contribution >= 4 is 5.78 Å². The van der Waals surface area contributed by atoms with Crippen LogP contribution < -0.4 is 0 Å². The lowest BCUT2D eigenvalue weighted by molar-refractivity contribution is 0.0716. The van der Waals surface area contributed by atoms with E-state index in [-0.39, 0.29) is 5.78 Å². The van der Waals surface area contributed by atoms with E-state index in [0.29, 0.717) is 38.2 Å². The molecule has 2 rings (SSSR count). The Balaban J connectivity index is 1.88. The lowest BCUT2D eigenvalue weighted by atomic mass is 9.96. The van der Waals surface area contributed by atoms with Gasteiger partial charge in [0.05, 0.1) is 31.1 Å². The molecule has 0 atom stereocenters. The van der Waals surface area contributed by atoms with Crippen LogP contribution in [-0.4, -0.2) is 42.7 Å². The Morgan fingerprint density at radius 3 is 3.00 bits per heavy atom. The largest absolute Gasteiger partial charge is 0.382 e. The van der Waals surface area contributed by atoms with Crippen molar-refractivity contribution in [3.05, 3.63) is 23.3 Å². The minimum atomic E-state index is 0.166. The zero-order valence-electron chi connectivity index (χ0n) is 10.6. The molecule has 0 N–H and O–H groups in total. The third-order valence-corrected chi connectivity index (χ3v) is 2.94. The monoisotopic (exact) mass is 250 g/mol. The van der Waals surface area contributed by atoms with Gasteiger partial charge >= 0.3 is 0 Å². The summed E-state index contributed by atoms with van der Waals surface area (Å²) < 4.78 is 10.3. The number of nitrogens with zero attached hydrogens (tertiary/aromatic N) is 2. The second-order valence-electron chi connectivity index (χ2n) is 4.28. The topological polar surface area (TPSA) is 61.3 Å². The summed E-state index contributed by atoms with van der Waals surface area (Å²) in [5, 5.41) is 0. The molecule has 0 fully saturated rings. The Hall–Kier alpha value is -1.33. The van der Waals surface area contributed by atoms with Gasteiger partial charge in [0.2, 0.25) is 0 Å². The zero-order chi connectivity index (χ0) is 12.8. The number of ketones is 1. The third-order valence-electron chi connectivity index (χ3n) is 2.94. The number of fused-ring (bicyclic) bond motifs is 1. The summed E-state index contributed by atoms with van der Waals surface area (Å²) >= 11 is 0. The fourth-order valence-electron chi connectivity index (χ4n) is 1.96. The number of methoxy groups -OCH3 is 1. The molecule has 0 bridgehead atoms. The SMILES string of the molecule is COCCOCCc1ncc2c(n1)CCCC2=O. The first kappa shape index (κ1) is 13.1. The van der Waals surface area contributed by atoms with E-state index >= 15 is 0 Å². The van der Waals surface area contributed by atoms with Gasteiger partial charge in [0, 0.05) is 26.1 Å². The molecular weight excluding hydrogens is 232 g/mol. The van der Waals surface area contributed by atoms with E-state index < -0.39 is 0 Å². The number of hydrogen-bond acceptors (Lipinski definition) is 5. The Morgan fingerprint density at radius 2 is 2.17 bits per heavy atom. The normalized spacial score (nSPS) is 14.6. The molecule has 1 aliphatic rings. The van der Waals surface area contributed by atoms with Crippen LogP contribution >= 0.6 is 0 Å². The minimum absolute atomic E-state index is 0.166. The first-order valence-corrected chi connectivity index (χ1v) is 6.26. The number of carbonyl (C=O) groups is 1. The van der Waals surface area contributed by atoms with Gasteiger partial charge in [-0.05, 0) is 12.8 Å². The molecule has 0 unspecified atom stereocenters. The number of aryl methyl sites for hydroxylation is 1. The Labute approximate surface area is 107 Å². The summed E-state index contributed by atoms with van der Waals surface area (Å²) in [4.78, 5) is 20.3. The third kappa shape index (κ3) is 3.34. The van der Waals surface area contributed by atoms with Crippen LogP contribution in [0.3, 0.4) is 0 Å². The first-order valence-electron chi connectivity index (χ1n) is 6.26. The van der Waals surface area contributed by atoms with E-state index in [0.717, 1.165) is 24.4 Å². The van der Waals surface area contributed by atoms with E-state index in [2.05, 4.69) is 9.97 Å². The maximum Gasteiger partial charge on any atom is 0.166 e. The highest BCUT2D eigenvalue weighted by Gasteiger charge is 2.18. The predicted octanol–water partition coefficient (Wildman–Crippen LogP) is 1.20. The van der Waals surface area contributed by atoms with Crippen molar-refractivity contribution in [1.82, 2.24) is 9.97 Å². The van der Waals surface area contributed by atoms with Crippen LogP contribution in [0, 0.1) is 0 Å². The Kier molecular flexibility index (Phi) is 4.78. The second-order valence-corrected chi connectivity index (χ2v) is 4.28. The summed E-state index contributed by atoms with van der Waals surface area (Å²) in [6.07, 6.45) is 4.73. The zero-order valence-corrected chi connectivity index (χ0v) is 10.6. The lowest BCUT2D eigenvalue weighted by Crippen LogP contribution is -2.15. The van der Waals surface area contributed by atoms with Crippen molar-refractivity contribution in [3.8, 4) is 0 Å². The number of aromatic nitrogens is 2. The molecule has 18 heavy (non-hydrogen) atoms. The van der Waals surface area contributed by atoms with Crippen molar-refractivity contribution in [2.24, 2.45) is 0 Å². The van der Waals surface area contributed by atoms with E-state index in [1.807, 2.05) is 0 Å². The number of ether oxygens (including phenoxy) is 2. The number of hydrogen-bond donors (Lipinski definition) is 0. The van der Waals surface area contributed by atoms with Crippen LogP contribution in [-0.2, 0) is 22.3 Å². The molecule has 0 aliphatic heterocycles. The van der Waals surface area contributed by atoms with Crippen molar-refractivity contribution in [1.29, 1.82) is 0 Å². The maximum absolute atomic E-state index is 11.6. The van der Waals surface area contributed by atoms with Gasteiger partial charge in [0.25, 0.3) is 0 Å². The van der Waals surface area contributed by atoms with Crippen molar-refractivity contribution < 1.29 is 14.3 Å². The molecule has 1 heterocycles. The van der Waals surface area contributed by atoms with Gasteiger partial charge in [-0.3, -0.25) is 4.79 Å². The smallest absolute Gasteiger partial charge is 0.166 e. The summed E-state index contributed by atoms with van der Waals surface area (Å²) in [6.45, 7) is 1.76. The summed E-state index contributed by atoms with van der Waals surface area (Å²) in [6, 6.07) is 0. The van der Waals surface area contributed by atoms with Gasteiger partial charge in [0.1, 0.15) is 5.82 Å². The quantitative estimate of drug-likeness (QED) is 0.710. The highest BCUT2D eigenvalue weighted by molar-refractivity contribution is 5.97. The average Bonchev–Trinajstić information content (AvgIpc) is 2.39. The molecule has 0 aromatic carbocycles. The van der Waals surface area contributed by atoms with Crippen LogP contribution in [0.5, 0.6) is 0 Å². The Morgan fingerprint density at radius 1 is 1.28 bits per heavy atom. The number of rotatable bonds is 6. The molecule has 98 valence electrons. The summed E-state index contributed by atoms with van der Waals surface area (Å²) in [5.41, 5.74) is 1.60. The molecule has 0 spiro atoms. The van der Waals surface area contributed by atoms with Crippen LogP contribution in [0.4, 0.5) is 0 Å². The van der Waals surface area contributed by atoms with Gasteiger partial charge in [-0.1, -0.05) is 0 Å². The van der Waals surface area contributed by atoms with E-state index in [1.165, 1.54) is 0 Å². The molecule has 1 aliphatic carbocycles. The summed E-state index contributed by atoms with van der Waals surface area (Å²) in [7, 11) is 1.65. The number of carbonyl (C=O) groups excluding carboxylic acids is 1. The predicted molar refractivity (Wildman–Crippen MR) is 65.7 cm³/mol. The van der Waals surface area contributed by atoms with Crippen LogP contribution in [0.2, 0.25) is 0 Å². The van der Waals surface area contributed by atoms with Crippen molar-refractivity contribution in [2.45, 2.75) is 25.7 Å². The van der Waals surface area contributed by atoms with Crippen LogP contribution in [0.1, 0.15) is 34.7 Å². The van der Waals surface area contributed by atoms with Crippen LogP contribution in [0.15, 0.2) is 6.20 Å². The van der Waals surface area contributed by atoms with Gasteiger partial charge in [-0.2, -0.15) is 0 Å². The maximum atomic E-state index is 11.6. The molecule has 5 nitrogen and oxygen atoms in total. The van der Waals surface area contributed by atoms with Crippen molar-refractivity contribution in [2.75, 3.05) is 26.9 Å². The molecule has 1 aromatic rings. The molecule has 1 aromatic heterocycles. The van der Waals surface area contributed by atoms with E-state index in [4.69, 9.17) is 9.47 Å². The molecule has 0 amide bonds. The summed E-state index contributed by atoms with van der Waals surface area (Å²) in [5.74, 6) is 0.917. The highest BCUT2D eigenvalue weighted by Crippen LogP contribution is 2.18. The molecular formula is C13H18N2O3. The molecule has 0 radical (unpaired) electrons.